The van der Waals surface area contributed by atoms with Crippen molar-refractivity contribution in [3.63, 3.8) is 0 Å². The molecule has 1 unspecified atom stereocenters. The fraction of sp³-hybridized carbons (Fsp3) is 0.440. The summed E-state index contributed by atoms with van der Waals surface area (Å²) in [5, 5.41) is 2.92. The summed E-state index contributed by atoms with van der Waals surface area (Å²) in [4.78, 5) is 28.5. The third-order valence-corrected chi connectivity index (χ3v) is 5.94. The largest absolute Gasteiger partial charge is 0.493 e. The molecule has 1 aliphatic rings. The number of para-hydroxylation sites is 1. The molecular formula is C25H32FN3O4. The minimum Gasteiger partial charge on any atom is -0.493 e. The Morgan fingerprint density at radius 1 is 1.18 bits per heavy atom. The second-order valence-electron chi connectivity index (χ2n) is 8.20. The minimum atomic E-state index is -0.341. The molecule has 2 amide bonds. The summed E-state index contributed by atoms with van der Waals surface area (Å²) >= 11 is 0. The van der Waals surface area contributed by atoms with Gasteiger partial charge in [0.2, 0.25) is 11.8 Å². The van der Waals surface area contributed by atoms with Crippen LogP contribution in [-0.2, 0) is 16.0 Å². The Morgan fingerprint density at radius 2 is 1.94 bits per heavy atom. The highest BCUT2D eigenvalue weighted by atomic mass is 19.1. The fourth-order valence-electron chi connectivity index (χ4n) is 4.02. The lowest BCUT2D eigenvalue weighted by Crippen LogP contribution is -2.35. The highest BCUT2D eigenvalue weighted by molar-refractivity contribution is 5.89. The summed E-state index contributed by atoms with van der Waals surface area (Å²) in [5.41, 5.74) is 1.57. The number of nitrogens with zero attached hydrogens (tertiary/aromatic N) is 2. The Hall–Kier alpha value is -3.29. The molecule has 0 aliphatic carbocycles. The van der Waals surface area contributed by atoms with Crippen LogP contribution in [-0.4, -0.2) is 64.2 Å². The van der Waals surface area contributed by atoms with Crippen LogP contribution in [0.5, 0.6) is 11.5 Å². The molecule has 2 aromatic rings. The van der Waals surface area contributed by atoms with Gasteiger partial charge in [-0.05, 0) is 42.7 Å². The van der Waals surface area contributed by atoms with E-state index in [4.69, 9.17) is 9.47 Å². The Balaban J connectivity index is 1.41. The van der Waals surface area contributed by atoms with Crippen molar-refractivity contribution in [2.45, 2.75) is 19.3 Å². The minimum absolute atomic E-state index is 0.00471. The zero-order chi connectivity index (χ0) is 23.8. The highest BCUT2D eigenvalue weighted by Crippen LogP contribution is 2.28. The molecule has 7 nitrogen and oxygen atoms in total. The number of nitrogens with one attached hydrogen (secondary N) is 1. The highest BCUT2D eigenvalue weighted by Gasteiger charge is 2.33. The van der Waals surface area contributed by atoms with Crippen LogP contribution < -0.4 is 19.7 Å². The van der Waals surface area contributed by atoms with Crippen molar-refractivity contribution < 1.29 is 23.5 Å². The van der Waals surface area contributed by atoms with E-state index in [-0.39, 0.29) is 30.0 Å². The van der Waals surface area contributed by atoms with Crippen molar-refractivity contribution in [2.75, 3.05) is 52.3 Å². The maximum absolute atomic E-state index is 13.8. The normalized spacial score (nSPS) is 15.5. The van der Waals surface area contributed by atoms with Gasteiger partial charge in [0.05, 0.1) is 25.8 Å². The molecule has 1 N–H and O–H groups in total. The van der Waals surface area contributed by atoms with E-state index >= 15 is 0 Å². The van der Waals surface area contributed by atoms with Crippen molar-refractivity contribution in [2.24, 2.45) is 5.92 Å². The third kappa shape index (κ3) is 6.37. The van der Waals surface area contributed by atoms with Crippen molar-refractivity contribution in [3.8, 4) is 11.5 Å². The Bertz CT molecular complexity index is 968. The lowest BCUT2D eigenvalue weighted by molar-refractivity contribution is -0.129. The quantitative estimate of drug-likeness (QED) is 0.526. The number of rotatable bonds is 11. The first-order valence-electron chi connectivity index (χ1n) is 11.1. The molecular weight excluding hydrogens is 425 g/mol. The van der Waals surface area contributed by atoms with Crippen molar-refractivity contribution in [1.82, 2.24) is 10.2 Å². The molecule has 0 aromatic heterocycles. The van der Waals surface area contributed by atoms with Crippen LogP contribution in [0.4, 0.5) is 10.1 Å². The number of halogens is 1. The predicted octanol–water partition coefficient (Wildman–Crippen LogP) is 2.88. The van der Waals surface area contributed by atoms with Gasteiger partial charge < -0.3 is 24.6 Å². The van der Waals surface area contributed by atoms with Crippen LogP contribution >= 0.6 is 0 Å². The molecule has 8 heteroatoms. The van der Waals surface area contributed by atoms with E-state index in [1.165, 1.54) is 6.07 Å². The van der Waals surface area contributed by atoms with E-state index in [0.717, 1.165) is 5.56 Å². The number of anilines is 1. The first-order valence-corrected chi connectivity index (χ1v) is 11.1. The van der Waals surface area contributed by atoms with Gasteiger partial charge in [-0.1, -0.05) is 18.2 Å². The van der Waals surface area contributed by atoms with Gasteiger partial charge >= 0.3 is 0 Å². The predicted molar refractivity (Wildman–Crippen MR) is 125 cm³/mol. The SMILES string of the molecule is COc1ccc(CCN2CC(C(=O)NCCCN(C)c3ccccc3F)CC2=O)cc1OC. The molecule has 2 aromatic carbocycles. The summed E-state index contributed by atoms with van der Waals surface area (Å²) in [7, 11) is 5.01. The Labute approximate surface area is 194 Å². The van der Waals surface area contributed by atoms with Crippen LogP contribution in [0.25, 0.3) is 0 Å². The van der Waals surface area contributed by atoms with Gasteiger partial charge in [-0.2, -0.15) is 0 Å². The van der Waals surface area contributed by atoms with Gasteiger partial charge in [0.1, 0.15) is 5.82 Å². The molecule has 1 aliphatic heterocycles. The maximum Gasteiger partial charge on any atom is 0.225 e. The standard InChI is InChI=1S/C25H32FN3O4/c1-28(21-8-5-4-7-20(21)26)13-6-12-27-25(31)19-16-24(30)29(17-19)14-11-18-9-10-22(32-2)23(15-18)33-3/h4-5,7-10,15,19H,6,11-14,16-17H2,1-3H3,(H,27,31). The third-order valence-electron chi connectivity index (χ3n) is 5.94. The molecule has 1 heterocycles. The molecule has 3 rings (SSSR count). The summed E-state index contributed by atoms with van der Waals surface area (Å²) < 4.78 is 24.4. The zero-order valence-electron chi connectivity index (χ0n) is 19.5. The van der Waals surface area contributed by atoms with Gasteiger partial charge in [-0.25, -0.2) is 4.39 Å². The molecule has 0 radical (unpaired) electrons. The topological polar surface area (TPSA) is 71.1 Å². The maximum atomic E-state index is 13.8. The van der Waals surface area contributed by atoms with E-state index in [1.807, 2.05) is 30.1 Å². The average molecular weight is 458 g/mol. The fourth-order valence-corrected chi connectivity index (χ4v) is 4.02. The molecule has 0 bridgehead atoms. The second kappa shape index (κ2) is 11.5. The van der Waals surface area contributed by atoms with Crippen LogP contribution in [0, 0.1) is 11.7 Å². The van der Waals surface area contributed by atoms with Gasteiger partial charge in [0.25, 0.3) is 0 Å². The summed E-state index contributed by atoms with van der Waals surface area (Å²) in [6.45, 7) is 2.06. The number of amides is 2. The van der Waals surface area contributed by atoms with Crippen LogP contribution in [0.15, 0.2) is 42.5 Å². The van der Waals surface area contributed by atoms with E-state index in [9.17, 15) is 14.0 Å². The first kappa shape index (κ1) is 24.4. The number of methoxy groups -OCH3 is 2. The molecule has 1 fully saturated rings. The lowest BCUT2D eigenvalue weighted by atomic mass is 10.1. The lowest BCUT2D eigenvalue weighted by Gasteiger charge is -2.20. The van der Waals surface area contributed by atoms with Crippen molar-refractivity contribution in [1.29, 1.82) is 0 Å². The first-order chi connectivity index (χ1) is 15.9. The number of carbonyl (C=O) groups excluding carboxylic acids is 2. The van der Waals surface area contributed by atoms with E-state index < -0.39 is 0 Å². The molecule has 1 atom stereocenters. The number of benzene rings is 2. The van der Waals surface area contributed by atoms with Gasteiger partial charge in [0.15, 0.2) is 11.5 Å². The van der Waals surface area contributed by atoms with Crippen LogP contribution in [0.2, 0.25) is 0 Å². The van der Waals surface area contributed by atoms with Crippen molar-refractivity contribution in [3.05, 3.63) is 53.8 Å². The number of likely N-dealkylation sites (tertiary alicyclic amines) is 1. The summed E-state index contributed by atoms with van der Waals surface area (Å²) in [6.07, 6.45) is 1.58. The zero-order valence-corrected chi connectivity index (χ0v) is 19.5. The van der Waals surface area contributed by atoms with Gasteiger partial charge in [-0.15, -0.1) is 0 Å². The summed E-state index contributed by atoms with van der Waals surface area (Å²) in [6, 6.07) is 12.3. The molecule has 33 heavy (non-hydrogen) atoms. The number of hydrogen-bond donors (Lipinski definition) is 1. The van der Waals surface area contributed by atoms with Crippen LogP contribution in [0.1, 0.15) is 18.4 Å². The molecule has 178 valence electrons. The summed E-state index contributed by atoms with van der Waals surface area (Å²) in [5.74, 6) is 0.602. The smallest absolute Gasteiger partial charge is 0.225 e. The van der Waals surface area contributed by atoms with E-state index in [1.54, 1.807) is 37.3 Å². The molecule has 1 saturated heterocycles. The second-order valence-corrected chi connectivity index (χ2v) is 8.20. The monoisotopic (exact) mass is 457 g/mol. The van der Waals surface area contributed by atoms with E-state index in [2.05, 4.69) is 5.32 Å². The number of ether oxygens (including phenoxy) is 2. The molecule has 0 spiro atoms. The number of carbonyl (C=O) groups is 2. The molecule has 0 saturated carbocycles. The van der Waals surface area contributed by atoms with Gasteiger partial charge in [0, 0.05) is 39.6 Å². The van der Waals surface area contributed by atoms with Crippen LogP contribution in [0.3, 0.4) is 0 Å². The van der Waals surface area contributed by atoms with Crippen molar-refractivity contribution >= 4 is 17.5 Å². The van der Waals surface area contributed by atoms with E-state index in [0.29, 0.717) is 56.2 Å². The number of hydrogen-bond acceptors (Lipinski definition) is 5. The Kier molecular flexibility index (Phi) is 8.52. The van der Waals surface area contributed by atoms with Gasteiger partial charge in [-0.3, -0.25) is 9.59 Å². The Morgan fingerprint density at radius 3 is 2.67 bits per heavy atom. The average Bonchev–Trinajstić information content (AvgIpc) is 3.20.